The number of nitriles is 1. The number of nitrogens with one attached hydrogen (secondary N) is 3. The lowest BCUT2D eigenvalue weighted by molar-refractivity contribution is 0.102. The number of hydrogen-bond donors (Lipinski definition) is 3. The van der Waals surface area contributed by atoms with Crippen molar-refractivity contribution in [1.29, 1.82) is 5.26 Å². The van der Waals surface area contributed by atoms with Gasteiger partial charge in [0, 0.05) is 42.4 Å². The second kappa shape index (κ2) is 9.71. The van der Waals surface area contributed by atoms with Crippen molar-refractivity contribution in [3.05, 3.63) is 78.4 Å². The average Bonchev–Trinajstić information content (AvgIpc) is 3.25. The fraction of sp³-hybridized carbons (Fsp3) is 0.143. The summed E-state index contributed by atoms with van der Waals surface area (Å²) < 4.78 is 1.94. The lowest BCUT2D eigenvalue weighted by atomic mass is 10.1. The maximum Gasteiger partial charge on any atom is 0.319 e. The number of anilines is 2. The number of rotatable bonds is 7. The quantitative estimate of drug-likeness (QED) is 0.540. The molecule has 0 atom stereocenters. The summed E-state index contributed by atoms with van der Waals surface area (Å²) in [6.07, 6.45) is 6.08. The summed E-state index contributed by atoms with van der Waals surface area (Å²) in [6, 6.07) is 15.0. The summed E-state index contributed by atoms with van der Waals surface area (Å²) in [5.41, 5.74) is 1.90. The fourth-order valence-electron chi connectivity index (χ4n) is 2.67. The lowest BCUT2D eigenvalue weighted by Gasteiger charge is -2.10. The summed E-state index contributed by atoms with van der Waals surface area (Å²) in [7, 11) is 0. The third-order valence-corrected chi connectivity index (χ3v) is 4.07. The number of amides is 3. The van der Waals surface area contributed by atoms with Crippen LogP contribution >= 0.6 is 0 Å². The highest BCUT2D eigenvalue weighted by Gasteiger charge is 2.09. The summed E-state index contributed by atoms with van der Waals surface area (Å²) in [5, 5.41) is 17.2. The third kappa shape index (κ3) is 5.94. The molecule has 0 aliphatic carbocycles. The summed E-state index contributed by atoms with van der Waals surface area (Å²) in [4.78, 5) is 28.5. The van der Waals surface area contributed by atoms with Gasteiger partial charge in [-0.3, -0.25) is 4.79 Å². The molecule has 3 aromatic rings. The Labute approximate surface area is 168 Å². The second-order valence-electron chi connectivity index (χ2n) is 6.26. The van der Waals surface area contributed by atoms with Crippen LogP contribution in [0.1, 0.15) is 22.3 Å². The maximum atomic E-state index is 12.4. The maximum absolute atomic E-state index is 12.4. The van der Waals surface area contributed by atoms with Gasteiger partial charge in [0.1, 0.15) is 0 Å². The van der Waals surface area contributed by atoms with E-state index in [4.69, 9.17) is 5.26 Å². The molecule has 3 amide bonds. The first-order valence-corrected chi connectivity index (χ1v) is 9.06. The monoisotopic (exact) mass is 388 g/mol. The Bertz CT molecular complexity index is 1020. The summed E-state index contributed by atoms with van der Waals surface area (Å²) in [5.74, 6) is -0.329. The molecule has 0 aliphatic heterocycles. The fourth-order valence-corrected chi connectivity index (χ4v) is 2.67. The molecule has 8 heteroatoms. The molecule has 0 saturated carbocycles. The van der Waals surface area contributed by atoms with Crippen LogP contribution in [-0.4, -0.2) is 28.0 Å². The van der Waals surface area contributed by atoms with Crippen molar-refractivity contribution in [2.45, 2.75) is 13.0 Å². The Morgan fingerprint density at radius 2 is 1.86 bits per heavy atom. The normalized spacial score (nSPS) is 10.0. The van der Waals surface area contributed by atoms with E-state index in [0.717, 1.165) is 13.0 Å². The van der Waals surface area contributed by atoms with Gasteiger partial charge in [-0.25, -0.2) is 9.78 Å². The number of urea groups is 1. The minimum absolute atomic E-state index is 0.329. The zero-order chi connectivity index (χ0) is 20.5. The first kappa shape index (κ1) is 19.6. The van der Waals surface area contributed by atoms with Crippen LogP contribution in [0.15, 0.2) is 67.3 Å². The van der Waals surface area contributed by atoms with Gasteiger partial charge in [0.15, 0.2) is 0 Å². The standard InChI is InChI=1S/C21H20N6O2/c22-14-16-4-1-6-18(12-16)25-20(28)17-5-2-7-19(13-17)26-21(29)24-8-3-10-27-11-9-23-15-27/h1-2,4-7,9,11-13,15H,3,8,10H2,(H,25,28)(H2,24,26,29). The van der Waals surface area contributed by atoms with Crippen molar-refractivity contribution in [1.82, 2.24) is 14.9 Å². The molecule has 0 aliphatic rings. The van der Waals surface area contributed by atoms with Crippen molar-refractivity contribution < 1.29 is 9.59 Å². The van der Waals surface area contributed by atoms with Crippen molar-refractivity contribution in [3.63, 3.8) is 0 Å². The van der Waals surface area contributed by atoms with Gasteiger partial charge < -0.3 is 20.5 Å². The average molecular weight is 388 g/mol. The number of nitrogens with zero attached hydrogens (tertiary/aromatic N) is 3. The van der Waals surface area contributed by atoms with E-state index in [2.05, 4.69) is 20.9 Å². The predicted molar refractivity (Wildman–Crippen MR) is 109 cm³/mol. The smallest absolute Gasteiger partial charge is 0.319 e. The van der Waals surface area contributed by atoms with Crippen LogP contribution in [0.25, 0.3) is 0 Å². The molecule has 0 bridgehead atoms. The van der Waals surface area contributed by atoms with Crippen molar-refractivity contribution in [3.8, 4) is 6.07 Å². The molecule has 3 rings (SSSR count). The Kier molecular flexibility index (Phi) is 6.58. The Balaban J connectivity index is 1.51. The minimum Gasteiger partial charge on any atom is -0.338 e. The Morgan fingerprint density at radius 1 is 1.07 bits per heavy atom. The molecule has 0 saturated heterocycles. The number of hydrogen-bond acceptors (Lipinski definition) is 4. The SMILES string of the molecule is N#Cc1cccc(NC(=O)c2cccc(NC(=O)NCCCn3ccnc3)c2)c1. The van der Waals surface area contributed by atoms with Crippen LogP contribution < -0.4 is 16.0 Å². The van der Waals surface area contributed by atoms with Crippen molar-refractivity contribution in [2.75, 3.05) is 17.2 Å². The van der Waals surface area contributed by atoms with Crippen LogP contribution in [0, 0.1) is 11.3 Å². The van der Waals surface area contributed by atoms with E-state index < -0.39 is 0 Å². The predicted octanol–water partition coefficient (Wildman–Crippen LogP) is 3.22. The van der Waals surface area contributed by atoms with E-state index in [1.54, 1.807) is 61.1 Å². The van der Waals surface area contributed by atoms with E-state index >= 15 is 0 Å². The van der Waals surface area contributed by atoms with Gasteiger partial charge in [-0.15, -0.1) is 0 Å². The number of imidazole rings is 1. The number of carbonyl (C=O) groups excluding carboxylic acids is 2. The molecular weight excluding hydrogens is 368 g/mol. The molecule has 146 valence electrons. The largest absolute Gasteiger partial charge is 0.338 e. The Morgan fingerprint density at radius 3 is 2.62 bits per heavy atom. The van der Waals surface area contributed by atoms with E-state index in [1.807, 2.05) is 16.8 Å². The number of aryl methyl sites for hydroxylation is 1. The summed E-state index contributed by atoms with van der Waals surface area (Å²) in [6.45, 7) is 1.28. The molecule has 0 radical (unpaired) electrons. The van der Waals surface area contributed by atoms with E-state index in [9.17, 15) is 9.59 Å². The summed E-state index contributed by atoms with van der Waals surface area (Å²) >= 11 is 0. The van der Waals surface area contributed by atoms with Crippen LogP contribution in [-0.2, 0) is 6.54 Å². The van der Waals surface area contributed by atoms with Gasteiger partial charge in [-0.2, -0.15) is 5.26 Å². The van der Waals surface area contributed by atoms with Gasteiger partial charge in [0.05, 0.1) is 18.0 Å². The first-order chi connectivity index (χ1) is 14.1. The molecule has 1 aromatic heterocycles. The van der Waals surface area contributed by atoms with Gasteiger partial charge in [0.25, 0.3) is 5.91 Å². The molecule has 8 nitrogen and oxygen atoms in total. The zero-order valence-corrected chi connectivity index (χ0v) is 15.6. The second-order valence-corrected chi connectivity index (χ2v) is 6.26. The minimum atomic E-state index is -0.338. The molecule has 1 heterocycles. The number of aromatic nitrogens is 2. The molecule has 29 heavy (non-hydrogen) atoms. The highest BCUT2D eigenvalue weighted by Crippen LogP contribution is 2.14. The molecule has 2 aromatic carbocycles. The number of carbonyl (C=O) groups is 2. The molecule has 3 N–H and O–H groups in total. The lowest BCUT2D eigenvalue weighted by Crippen LogP contribution is -2.30. The van der Waals surface area contributed by atoms with Gasteiger partial charge in [-0.05, 0) is 42.8 Å². The van der Waals surface area contributed by atoms with Gasteiger partial charge in [0.2, 0.25) is 0 Å². The van der Waals surface area contributed by atoms with Crippen LogP contribution in [0.4, 0.5) is 16.2 Å². The Hall–Kier alpha value is -4.12. The van der Waals surface area contributed by atoms with Crippen molar-refractivity contribution in [2.24, 2.45) is 0 Å². The molecule has 0 unspecified atom stereocenters. The highest BCUT2D eigenvalue weighted by molar-refractivity contribution is 6.05. The molecule has 0 fully saturated rings. The van der Waals surface area contributed by atoms with Crippen LogP contribution in [0.3, 0.4) is 0 Å². The van der Waals surface area contributed by atoms with Crippen LogP contribution in [0.5, 0.6) is 0 Å². The third-order valence-electron chi connectivity index (χ3n) is 4.07. The van der Waals surface area contributed by atoms with Crippen LogP contribution in [0.2, 0.25) is 0 Å². The van der Waals surface area contributed by atoms with Gasteiger partial charge in [-0.1, -0.05) is 12.1 Å². The first-order valence-electron chi connectivity index (χ1n) is 9.06. The number of benzene rings is 2. The zero-order valence-electron chi connectivity index (χ0n) is 15.6. The molecule has 0 spiro atoms. The molecular formula is C21H20N6O2. The van der Waals surface area contributed by atoms with E-state index in [0.29, 0.717) is 29.0 Å². The highest BCUT2D eigenvalue weighted by atomic mass is 16.2. The van der Waals surface area contributed by atoms with Gasteiger partial charge >= 0.3 is 6.03 Å². The van der Waals surface area contributed by atoms with Crippen molar-refractivity contribution >= 4 is 23.3 Å². The van der Waals surface area contributed by atoms with E-state index in [-0.39, 0.29) is 11.9 Å². The van der Waals surface area contributed by atoms with E-state index in [1.165, 1.54) is 0 Å². The topological polar surface area (TPSA) is 112 Å².